The van der Waals surface area contributed by atoms with Gasteiger partial charge in [0.05, 0.1) is 6.61 Å². The van der Waals surface area contributed by atoms with Crippen LogP contribution in [0.25, 0.3) is 0 Å². The normalized spacial score (nSPS) is 10.5. The number of ether oxygens (including phenoxy) is 2. The van der Waals surface area contributed by atoms with Crippen molar-refractivity contribution in [2.45, 2.75) is 13.2 Å². The van der Waals surface area contributed by atoms with Gasteiger partial charge in [0.1, 0.15) is 24.8 Å². The minimum absolute atomic E-state index is 0.00223. The summed E-state index contributed by atoms with van der Waals surface area (Å²) in [6, 6.07) is 22.8. The van der Waals surface area contributed by atoms with E-state index in [2.05, 4.69) is 0 Å². The van der Waals surface area contributed by atoms with Gasteiger partial charge in [-0.25, -0.2) is 4.39 Å². The number of ketones is 1. The minimum atomic E-state index is -0.300. The molecular formula is C22H19FO3. The zero-order valence-corrected chi connectivity index (χ0v) is 14.2. The molecule has 3 rings (SSSR count). The molecule has 0 saturated carbocycles. The molecule has 4 heteroatoms. The van der Waals surface area contributed by atoms with Crippen molar-refractivity contribution in [1.82, 2.24) is 0 Å². The summed E-state index contributed by atoms with van der Waals surface area (Å²) >= 11 is 0. The highest BCUT2D eigenvalue weighted by Crippen LogP contribution is 2.16. The second-order valence-corrected chi connectivity index (χ2v) is 5.85. The monoisotopic (exact) mass is 350 g/mol. The van der Waals surface area contributed by atoms with E-state index in [0.717, 1.165) is 11.1 Å². The highest BCUT2D eigenvalue weighted by atomic mass is 19.1. The fraction of sp³-hybridized carbons (Fsp3) is 0.136. The first kappa shape index (κ1) is 17.8. The van der Waals surface area contributed by atoms with Crippen LogP contribution in [0.2, 0.25) is 0 Å². The summed E-state index contributed by atoms with van der Waals surface area (Å²) in [5.41, 5.74) is 2.27. The van der Waals surface area contributed by atoms with E-state index in [9.17, 15) is 9.18 Å². The summed E-state index contributed by atoms with van der Waals surface area (Å²) in [6.45, 7) is 0.629. The maximum Gasteiger partial charge on any atom is 0.188 e. The Kier molecular flexibility index (Phi) is 6.12. The lowest BCUT2D eigenvalue weighted by atomic mass is 10.1. The number of carbonyl (C=O) groups excluding carboxylic acids is 1. The zero-order valence-electron chi connectivity index (χ0n) is 14.2. The first-order valence-corrected chi connectivity index (χ1v) is 8.33. The van der Waals surface area contributed by atoms with Gasteiger partial charge in [-0.05, 0) is 35.4 Å². The highest BCUT2D eigenvalue weighted by Gasteiger charge is 2.08. The molecule has 0 aliphatic rings. The molecule has 0 atom stereocenters. The largest absolute Gasteiger partial charge is 0.489 e. The van der Waals surface area contributed by atoms with E-state index in [4.69, 9.17) is 9.47 Å². The summed E-state index contributed by atoms with van der Waals surface area (Å²) < 4.78 is 24.3. The lowest BCUT2D eigenvalue weighted by molar-refractivity contribution is 0.0726. The molecule has 3 aromatic carbocycles. The van der Waals surface area contributed by atoms with E-state index in [-0.39, 0.29) is 24.8 Å². The summed E-state index contributed by atoms with van der Waals surface area (Å²) in [5, 5.41) is 0. The Morgan fingerprint density at radius 1 is 0.808 bits per heavy atom. The molecule has 0 spiro atoms. The molecule has 0 N–H and O–H groups in total. The van der Waals surface area contributed by atoms with E-state index in [1.807, 2.05) is 30.3 Å². The molecule has 0 amide bonds. The number of benzene rings is 3. The van der Waals surface area contributed by atoms with Crippen molar-refractivity contribution in [1.29, 1.82) is 0 Å². The van der Waals surface area contributed by atoms with Crippen molar-refractivity contribution in [2.24, 2.45) is 0 Å². The van der Waals surface area contributed by atoms with Crippen LogP contribution in [0.4, 0.5) is 4.39 Å². The standard InChI is InChI=1S/C22H19FO3/c23-20-10-4-8-18(12-20)15-26-21-11-5-9-19(13-21)22(24)16-25-14-17-6-2-1-3-7-17/h1-13H,14-16H2. The fourth-order valence-corrected chi connectivity index (χ4v) is 2.47. The number of hydrogen-bond donors (Lipinski definition) is 0. The molecule has 3 aromatic rings. The summed E-state index contributed by atoms with van der Waals surface area (Å²) in [4.78, 5) is 12.3. The molecular weight excluding hydrogens is 331 g/mol. The second kappa shape index (κ2) is 8.92. The van der Waals surface area contributed by atoms with E-state index in [0.29, 0.717) is 17.9 Å². The Morgan fingerprint density at radius 3 is 2.38 bits per heavy atom. The molecule has 26 heavy (non-hydrogen) atoms. The summed E-state index contributed by atoms with van der Waals surface area (Å²) in [6.07, 6.45) is 0. The lowest BCUT2D eigenvalue weighted by Crippen LogP contribution is -2.09. The van der Waals surface area contributed by atoms with Crippen LogP contribution in [0.15, 0.2) is 78.9 Å². The van der Waals surface area contributed by atoms with Crippen molar-refractivity contribution in [3.05, 3.63) is 101 Å². The molecule has 0 radical (unpaired) electrons. The van der Waals surface area contributed by atoms with Crippen molar-refractivity contribution in [2.75, 3.05) is 6.61 Å². The van der Waals surface area contributed by atoms with Crippen LogP contribution in [-0.2, 0) is 18.0 Å². The third kappa shape index (κ3) is 5.26. The van der Waals surface area contributed by atoms with Crippen LogP contribution in [0.5, 0.6) is 5.75 Å². The molecule has 0 saturated heterocycles. The Balaban J connectivity index is 1.53. The third-order valence-corrected chi connectivity index (χ3v) is 3.80. The Morgan fingerprint density at radius 2 is 1.58 bits per heavy atom. The smallest absolute Gasteiger partial charge is 0.188 e. The van der Waals surface area contributed by atoms with Gasteiger partial charge in [0.25, 0.3) is 0 Å². The van der Waals surface area contributed by atoms with Crippen LogP contribution in [0, 0.1) is 5.82 Å². The van der Waals surface area contributed by atoms with Gasteiger partial charge in [0.15, 0.2) is 5.78 Å². The maximum absolute atomic E-state index is 13.2. The van der Waals surface area contributed by atoms with Crippen LogP contribution >= 0.6 is 0 Å². The molecule has 0 bridgehead atoms. The van der Waals surface area contributed by atoms with Crippen LogP contribution in [0.1, 0.15) is 21.5 Å². The average Bonchev–Trinajstić information content (AvgIpc) is 2.67. The quantitative estimate of drug-likeness (QED) is 0.547. The zero-order chi connectivity index (χ0) is 18.2. The topological polar surface area (TPSA) is 35.5 Å². The van der Waals surface area contributed by atoms with Gasteiger partial charge in [-0.2, -0.15) is 0 Å². The molecule has 132 valence electrons. The number of Topliss-reactive ketones (excluding diaryl/α,β-unsaturated/α-hetero) is 1. The predicted molar refractivity (Wildman–Crippen MR) is 97.6 cm³/mol. The Labute approximate surface area is 152 Å². The molecule has 0 aromatic heterocycles. The van der Waals surface area contributed by atoms with E-state index < -0.39 is 0 Å². The molecule has 3 nitrogen and oxygen atoms in total. The molecule has 0 unspecified atom stereocenters. The van der Waals surface area contributed by atoms with Crippen molar-refractivity contribution >= 4 is 5.78 Å². The number of carbonyl (C=O) groups is 1. The number of halogens is 1. The SMILES string of the molecule is O=C(COCc1ccccc1)c1cccc(OCc2cccc(F)c2)c1. The van der Waals surface area contributed by atoms with E-state index in [1.54, 1.807) is 36.4 Å². The van der Waals surface area contributed by atoms with Gasteiger partial charge < -0.3 is 9.47 Å². The van der Waals surface area contributed by atoms with Crippen molar-refractivity contribution in [3.8, 4) is 5.75 Å². The van der Waals surface area contributed by atoms with Gasteiger partial charge in [-0.1, -0.05) is 54.6 Å². The maximum atomic E-state index is 13.2. The Hall–Kier alpha value is -2.98. The first-order valence-electron chi connectivity index (χ1n) is 8.33. The number of rotatable bonds is 8. The summed E-state index contributed by atoms with van der Waals surface area (Å²) in [7, 11) is 0. The Bertz CT molecular complexity index is 862. The van der Waals surface area contributed by atoms with Gasteiger partial charge in [0, 0.05) is 5.56 Å². The van der Waals surface area contributed by atoms with Crippen LogP contribution < -0.4 is 4.74 Å². The van der Waals surface area contributed by atoms with Crippen LogP contribution in [-0.4, -0.2) is 12.4 Å². The van der Waals surface area contributed by atoms with Gasteiger partial charge in [0.2, 0.25) is 0 Å². The number of hydrogen-bond acceptors (Lipinski definition) is 3. The van der Waals surface area contributed by atoms with Gasteiger partial charge in [-0.15, -0.1) is 0 Å². The predicted octanol–water partition coefficient (Wildman–Crippen LogP) is 4.80. The molecule has 0 aliphatic heterocycles. The van der Waals surface area contributed by atoms with Crippen molar-refractivity contribution in [3.63, 3.8) is 0 Å². The van der Waals surface area contributed by atoms with Gasteiger partial charge >= 0.3 is 0 Å². The average molecular weight is 350 g/mol. The minimum Gasteiger partial charge on any atom is -0.489 e. The van der Waals surface area contributed by atoms with E-state index in [1.165, 1.54) is 12.1 Å². The first-order chi connectivity index (χ1) is 12.7. The fourth-order valence-electron chi connectivity index (χ4n) is 2.47. The van der Waals surface area contributed by atoms with Crippen LogP contribution in [0.3, 0.4) is 0 Å². The molecule has 0 fully saturated rings. The molecule has 0 heterocycles. The van der Waals surface area contributed by atoms with Gasteiger partial charge in [-0.3, -0.25) is 4.79 Å². The lowest BCUT2D eigenvalue weighted by Gasteiger charge is -2.08. The molecule has 0 aliphatic carbocycles. The highest BCUT2D eigenvalue weighted by molar-refractivity contribution is 5.97. The summed E-state index contributed by atoms with van der Waals surface area (Å²) in [5.74, 6) is 0.144. The van der Waals surface area contributed by atoms with Crippen molar-refractivity contribution < 1.29 is 18.7 Å². The second-order valence-electron chi connectivity index (χ2n) is 5.85. The third-order valence-electron chi connectivity index (χ3n) is 3.80. The van der Waals surface area contributed by atoms with E-state index >= 15 is 0 Å².